The van der Waals surface area contributed by atoms with E-state index < -0.39 is 59.1 Å². The van der Waals surface area contributed by atoms with Gasteiger partial charge in [-0.25, -0.2) is 4.39 Å². The molecule has 4 rings (SSSR count). The lowest BCUT2D eigenvalue weighted by Crippen LogP contribution is -2.49. The molecule has 0 unspecified atom stereocenters. The fourth-order valence-corrected chi connectivity index (χ4v) is 4.64. The SMILES string of the molecule is CC(C)[C@H](NC(=O)C[C@H](NC(=O)c1cc2cc(F)ccc2[nH]1)c1ccccc1)C(=O)[C@@H]1C(=O)NC(=O)[C@H]1C. The van der Waals surface area contributed by atoms with Crippen LogP contribution in [0, 0.1) is 23.6 Å². The Labute approximate surface area is 218 Å². The Bertz CT molecular complexity index is 1400. The highest BCUT2D eigenvalue weighted by atomic mass is 19.1. The van der Waals surface area contributed by atoms with Crippen LogP contribution in [0.15, 0.2) is 54.6 Å². The molecule has 0 saturated carbocycles. The fraction of sp³-hybridized carbons (Fsp3) is 0.321. The molecule has 198 valence electrons. The number of amides is 4. The van der Waals surface area contributed by atoms with Gasteiger partial charge in [0.2, 0.25) is 17.7 Å². The molecule has 9 nitrogen and oxygen atoms in total. The quantitative estimate of drug-likeness (QED) is 0.254. The molecule has 0 aliphatic carbocycles. The summed E-state index contributed by atoms with van der Waals surface area (Å²) < 4.78 is 13.6. The van der Waals surface area contributed by atoms with Crippen molar-refractivity contribution in [3.63, 3.8) is 0 Å². The Morgan fingerprint density at radius 2 is 1.68 bits per heavy atom. The third-order valence-electron chi connectivity index (χ3n) is 6.76. The molecule has 38 heavy (non-hydrogen) atoms. The predicted molar refractivity (Wildman–Crippen MR) is 137 cm³/mol. The van der Waals surface area contributed by atoms with Gasteiger partial charge in [0.1, 0.15) is 17.4 Å². The van der Waals surface area contributed by atoms with E-state index >= 15 is 0 Å². The van der Waals surface area contributed by atoms with Gasteiger partial charge in [-0.05, 0) is 35.7 Å². The number of hydrogen-bond acceptors (Lipinski definition) is 5. The highest BCUT2D eigenvalue weighted by molar-refractivity contribution is 6.16. The number of halogens is 1. The maximum Gasteiger partial charge on any atom is 0.268 e. The minimum absolute atomic E-state index is 0.188. The predicted octanol–water partition coefficient (Wildman–Crippen LogP) is 2.79. The standard InChI is InChI=1S/C28H29FN4O5/c1-14(2)24(25(35)23-15(3)26(36)33-28(23)38)32-22(34)13-20(16-7-5-4-6-8-16)31-27(37)21-12-17-11-18(29)9-10-19(17)30-21/h4-12,14-15,20,23-24,30H,13H2,1-3H3,(H,31,37)(H,32,34)(H,33,36,38)/t15-,20-,23+,24-/m0/s1. The largest absolute Gasteiger partial charge is 0.351 e. The van der Waals surface area contributed by atoms with Gasteiger partial charge in [-0.1, -0.05) is 51.1 Å². The maximum absolute atomic E-state index is 13.6. The fourth-order valence-electron chi connectivity index (χ4n) is 4.64. The number of fused-ring (bicyclic) bond motifs is 1. The van der Waals surface area contributed by atoms with Crippen LogP contribution in [0.25, 0.3) is 10.9 Å². The molecule has 1 saturated heterocycles. The van der Waals surface area contributed by atoms with Crippen molar-refractivity contribution < 1.29 is 28.4 Å². The molecule has 1 aromatic heterocycles. The summed E-state index contributed by atoms with van der Waals surface area (Å²) in [6.07, 6.45) is -0.188. The van der Waals surface area contributed by atoms with Crippen LogP contribution in [0.1, 0.15) is 49.3 Å². The van der Waals surface area contributed by atoms with Gasteiger partial charge in [-0.2, -0.15) is 0 Å². The van der Waals surface area contributed by atoms with Gasteiger partial charge >= 0.3 is 0 Å². The zero-order valence-electron chi connectivity index (χ0n) is 21.2. The number of hydrogen-bond donors (Lipinski definition) is 4. The first-order valence-corrected chi connectivity index (χ1v) is 12.4. The number of H-pyrrole nitrogens is 1. The molecule has 3 aromatic rings. The summed E-state index contributed by atoms with van der Waals surface area (Å²) in [5, 5.41) is 8.25. The Balaban J connectivity index is 1.51. The Hall–Kier alpha value is -4.34. The van der Waals surface area contributed by atoms with Crippen LogP contribution in [0.2, 0.25) is 0 Å². The lowest BCUT2D eigenvalue weighted by atomic mass is 9.85. The first kappa shape index (κ1) is 26.7. The van der Waals surface area contributed by atoms with Crippen molar-refractivity contribution in [2.45, 2.75) is 39.3 Å². The molecule has 0 bridgehead atoms. The molecule has 1 aliphatic heterocycles. The second-order valence-corrected chi connectivity index (χ2v) is 9.87. The minimum atomic E-state index is -1.17. The lowest BCUT2D eigenvalue weighted by Gasteiger charge is -2.26. The molecule has 2 heterocycles. The molecule has 1 aliphatic rings. The number of nitrogens with one attached hydrogen (secondary N) is 4. The molecular formula is C28H29FN4O5. The van der Waals surface area contributed by atoms with Crippen LogP contribution >= 0.6 is 0 Å². The van der Waals surface area contributed by atoms with E-state index in [4.69, 9.17) is 0 Å². The van der Waals surface area contributed by atoms with Crippen LogP contribution in [-0.4, -0.2) is 40.4 Å². The smallest absolute Gasteiger partial charge is 0.268 e. The van der Waals surface area contributed by atoms with Crippen molar-refractivity contribution in [1.82, 2.24) is 20.9 Å². The molecule has 2 aromatic carbocycles. The van der Waals surface area contributed by atoms with Crippen molar-refractivity contribution in [3.05, 3.63) is 71.7 Å². The van der Waals surface area contributed by atoms with Gasteiger partial charge in [0, 0.05) is 10.9 Å². The monoisotopic (exact) mass is 520 g/mol. The first-order chi connectivity index (χ1) is 18.0. The second-order valence-electron chi connectivity index (χ2n) is 9.87. The van der Waals surface area contributed by atoms with Crippen molar-refractivity contribution >= 4 is 40.3 Å². The summed E-state index contributed by atoms with van der Waals surface area (Å²) in [4.78, 5) is 66.5. The minimum Gasteiger partial charge on any atom is -0.351 e. The second kappa shape index (κ2) is 11.0. The Kier molecular flexibility index (Phi) is 7.70. The van der Waals surface area contributed by atoms with Crippen molar-refractivity contribution in [2.75, 3.05) is 0 Å². The van der Waals surface area contributed by atoms with Gasteiger partial charge in [0.25, 0.3) is 5.91 Å². The van der Waals surface area contributed by atoms with Crippen LogP contribution in [0.3, 0.4) is 0 Å². The summed E-state index contributed by atoms with van der Waals surface area (Å²) in [6.45, 7) is 4.97. The Morgan fingerprint density at radius 1 is 0.974 bits per heavy atom. The number of carbonyl (C=O) groups is 5. The number of rotatable bonds is 9. The number of imide groups is 1. The number of aromatic nitrogens is 1. The van der Waals surface area contributed by atoms with E-state index in [0.717, 1.165) is 0 Å². The van der Waals surface area contributed by atoms with Crippen molar-refractivity contribution in [3.8, 4) is 0 Å². The number of aromatic amines is 1. The van der Waals surface area contributed by atoms with Gasteiger partial charge in [-0.3, -0.25) is 29.3 Å². The average Bonchev–Trinajstić information content (AvgIpc) is 3.41. The Morgan fingerprint density at radius 3 is 2.32 bits per heavy atom. The zero-order valence-corrected chi connectivity index (χ0v) is 21.2. The topological polar surface area (TPSA) is 137 Å². The van der Waals surface area contributed by atoms with E-state index in [1.165, 1.54) is 31.2 Å². The summed E-state index contributed by atoms with van der Waals surface area (Å²) >= 11 is 0. The summed E-state index contributed by atoms with van der Waals surface area (Å²) in [6, 6.07) is 12.8. The molecule has 10 heteroatoms. The van der Waals surface area contributed by atoms with E-state index in [-0.39, 0.29) is 18.0 Å². The van der Waals surface area contributed by atoms with Crippen molar-refractivity contribution in [2.24, 2.45) is 17.8 Å². The van der Waals surface area contributed by atoms with Gasteiger partial charge in [0.15, 0.2) is 5.78 Å². The highest BCUT2D eigenvalue weighted by Gasteiger charge is 2.46. The normalized spacial score (nSPS) is 18.8. The van der Waals surface area contributed by atoms with E-state index in [1.807, 2.05) is 0 Å². The number of benzene rings is 2. The number of ketones is 1. The molecule has 4 N–H and O–H groups in total. The summed E-state index contributed by atoms with van der Waals surface area (Å²) in [5.74, 6) is -5.49. The molecule has 0 radical (unpaired) electrons. The lowest BCUT2D eigenvalue weighted by molar-refractivity contribution is -0.137. The number of carbonyl (C=O) groups excluding carboxylic acids is 5. The third kappa shape index (κ3) is 5.64. The third-order valence-corrected chi connectivity index (χ3v) is 6.76. The van der Waals surface area contributed by atoms with Crippen LogP contribution < -0.4 is 16.0 Å². The molecular weight excluding hydrogens is 491 g/mol. The van der Waals surface area contributed by atoms with E-state index in [9.17, 15) is 28.4 Å². The zero-order chi connectivity index (χ0) is 27.6. The van der Waals surface area contributed by atoms with Gasteiger partial charge in [-0.15, -0.1) is 0 Å². The van der Waals surface area contributed by atoms with E-state index in [1.54, 1.807) is 44.2 Å². The van der Waals surface area contributed by atoms with E-state index in [0.29, 0.717) is 16.5 Å². The molecule has 4 atom stereocenters. The highest BCUT2D eigenvalue weighted by Crippen LogP contribution is 2.24. The first-order valence-electron chi connectivity index (χ1n) is 12.4. The van der Waals surface area contributed by atoms with Crippen LogP contribution in [-0.2, 0) is 19.2 Å². The van der Waals surface area contributed by atoms with Crippen LogP contribution in [0.5, 0.6) is 0 Å². The van der Waals surface area contributed by atoms with Crippen molar-refractivity contribution in [1.29, 1.82) is 0 Å². The van der Waals surface area contributed by atoms with Gasteiger partial charge < -0.3 is 15.6 Å². The molecule has 1 fully saturated rings. The maximum atomic E-state index is 13.6. The molecule has 0 spiro atoms. The average molecular weight is 521 g/mol. The molecule has 4 amide bonds. The van der Waals surface area contributed by atoms with E-state index in [2.05, 4.69) is 20.9 Å². The summed E-state index contributed by atoms with van der Waals surface area (Å²) in [5.41, 5.74) is 1.46. The van der Waals surface area contributed by atoms with Gasteiger partial charge in [0.05, 0.1) is 24.4 Å². The number of Topliss-reactive ketones (excluding diaryl/α,β-unsaturated/α-hetero) is 1. The van der Waals surface area contributed by atoms with Crippen LogP contribution in [0.4, 0.5) is 4.39 Å². The summed E-state index contributed by atoms with van der Waals surface area (Å²) in [7, 11) is 0.